The quantitative estimate of drug-likeness (QED) is 0.538. The highest BCUT2D eigenvalue weighted by Crippen LogP contribution is 2.34. The van der Waals surface area contributed by atoms with E-state index in [2.05, 4.69) is 24.1 Å². The summed E-state index contributed by atoms with van der Waals surface area (Å²) in [5.41, 5.74) is 4.82. The van der Waals surface area contributed by atoms with Crippen LogP contribution in [0.2, 0.25) is 0 Å². The second kappa shape index (κ2) is 9.16. The fourth-order valence-corrected chi connectivity index (χ4v) is 3.87. The number of esters is 1. The zero-order valence-electron chi connectivity index (χ0n) is 18.9. The minimum atomic E-state index is -0.564. The third-order valence-electron chi connectivity index (χ3n) is 5.40. The smallest absolute Gasteiger partial charge is 0.340 e. The van der Waals surface area contributed by atoms with E-state index < -0.39 is 5.97 Å². The molecule has 6 nitrogen and oxygen atoms in total. The Hall–Kier alpha value is -3.41. The van der Waals surface area contributed by atoms with Crippen LogP contribution >= 0.6 is 0 Å². The molecule has 0 fully saturated rings. The topological polar surface area (TPSA) is 81.4 Å². The third-order valence-corrected chi connectivity index (χ3v) is 5.40. The van der Waals surface area contributed by atoms with E-state index >= 15 is 0 Å². The van der Waals surface area contributed by atoms with Crippen LogP contribution in [0.4, 0.5) is 5.69 Å². The Morgan fingerprint density at radius 1 is 0.968 bits per heavy atom. The van der Waals surface area contributed by atoms with E-state index in [9.17, 15) is 9.59 Å². The first kappa shape index (κ1) is 22.3. The molecule has 0 saturated carbocycles. The zero-order valence-corrected chi connectivity index (χ0v) is 18.9. The van der Waals surface area contributed by atoms with Gasteiger partial charge in [0.25, 0.3) is 5.91 Å². The maximum Gasteiger partial charge on any atom is 0.340 e. The number of pyridine rings is 1. The fraction of sp³-hybridized carbons (Fsp3) is 0.320. The van der Waals surface area contributed by atoms with Crippen LogP contribution in [-0.2, 0) is 17.6 Å². The third kappa shape index (κ3) is 4.24. The van der Waals surface area contributed by atoms with Gasteiger partial charge in [0.2, 0.25) is 0 Å². The number of ether oxygens (including phenoxy) is 1. The minimum absolute atomic E-state index is 0.229. The number of methoxy groups -OCH3 is 1. The molecule has 6 heteroatoms. The van der Waals surface area contributed by atoms with Crippen molar-refractivity contribution in [3.63, 3.8) is 0 Å². The van der Waals surface area contributed by atoms with Gasteiger partial charge in [0.05, 0.1) is 29.6 Å². The van der Waals surface area contributed by atoms with Gasteiger partial charge in [-0.05, 0) is 56.9 Å². The Kier molecular flexibility index (Phi) is 6.59. The lowest BCUT2D eigenvalue weighted by atomic mass is 9.95. The molecule has 2 aromatic heterocycles. The van der Waals surface area contributed by atoms with Crippen LogP contribution in [0.15, 0.2) is 34.7 Å². The number of carbonyl (C=O) groups is 2. The van der Waals surface area contributed by atoms with Gasteiger partial charge in [-0.1, -0.05) is 32.0 Å². The highest BCUT2D eigenvalue weighted by Gasteiger charge is 2.29. The van der Waals surface area contributed by atoms with Gasteiger partial charge in [0.1, 0.15) is 11.5 Å². The van der Waals surface area contributed by atoms with E-state index in [1.165, 1.54) is 7.11 Å². The number of nitrogens with one attached hydrogen (secondary N) is 1. The van der Waals surface area contributed by atoms with E-state index in [0.29, 0.717) is 34.0 Å². The molecule has 0 radical (unpaired) electrons. The Morgan fingerprint density at radius 2 is 1.58 bits per heavy atom. The predicted molar refractivity (Wildman–Crippen MR) is 121 cm³/mol. The van der Waals surface area contributed by atoms with Gasteiger partial charge in [-0.15, -0.1) is 0 Å². The van der Waals surface area contributed by atoms with Crippen molar-refractivity contribution in [2.24, 2.45) is 0 Å². The molecule has 3 aromatic rings. The van der Waals surface area contributed by atoms with E-state index in [1.807, 2.05) is 25.1 Å². The molecule has 162 valence electrons. The summed E-state index contributed by atoms with van der Waals surface area (Å²) in [7, 11) is 1.31. The first-order valence-electron chi connectivity index (χ1n) is 10.4. The maximum atomic E-state index is 13.6. The normalized spacial score (nSPS) is 10.8. The average Bonchev–Trinajstić information content (AvgIpc) is 3.18. The van der Waals surface area contributed by atoms with Crippen LogP contribution in [0.5, 0.6) is 0 Å². The molecule has 3 rings (SSSR count). The number of aromatic nitrogens is 1. The van der Waals surface area contributed by atoms with Crippen molar-refractivity contribution in [3.05, 3.63) is 69.7 Å². The van der Waals surface area contributed by atoms with Gasteiger partial charge in [0.15, 0.2) is 0 Å². The number of anilines is 1. The number of aryl methyl sites for hydroxylation is 5. The van der Waals surface area contributed by atoms with E-state index in [4.69, 9.17) is 9.15 Å². The zero-order chi connectivity index (χ0) is 22.7. The van der Waals surface area contributed by atoms with E-state index in [-0.39, 0.29) is 11.5 Å². The standard InChI is InChI=1S/C25H28N2O4/c1-7-17-10-9-11-18(8-2)23(17)27-24(28)20-15(4)26-16(5)21(25(29)30-6)22(20)19-13-12-14(3)31-19/h9-13H,7-8H2,1-6H3,(H,27,28). The van der Waals surface area contributed by atoms with Crippen LogP contribution in [0.3, 0.4) is 0 Å². The van der Waals surface area contributed by atoms with Crippen LogP contribution in [0.1, 0.15) is 62.8 Å². The van der Waals surface area contributed by atoms with Crippen LogP contribution < -0.4 is 5.32 Å². The Balaban J connectivity index is 2.24. The second-order valence-electron chi connectivity index (χ2n) is 7.42. The molecule has 31 heavy (non-hydrogen) atoms. The van der Waals surface area contributed by atoms with Crippen molar-refractivity contribution < 1.29 is 18.7 Å². The molecule has 0 aliphatic carbocycles. The van der Waals surface area contributed by atoms with Gasteiger partial charge in [-0.25, -0.2) is 4.79 Å². The number of furan rings is 1. The monoisotopic (exact) mass is 420 g/mol. The molecule has 0 aliphatic heterocycles. The van der Waals surface area contributed by atoms with Crippen LogP contribution in [0, 0.1) is 20.8 Å². The molecule has 0 atom stereocenters. The lowest BCUT2D eigenvalue weighted by Gasteiger charge is -2.19. The Labute approximate surface area is 182 Å². The van der Waals surface area contributed by atoms with Crippen molar-refractivity contribution in [3.8, 4) is 11.3 Å². The number of para-hydroxylation sites is 1. The van der Waals surface area contributed by atoms with Crippen LogP contribution in [-0.4, -0.2) is 24.0 Å². The molecule has 1 N–H and O–H groups in total. The summed E-state index contributed by atoms with van der Waals surface area (Å²) in [5.74, 6) is 0.200. The fourth-order valence-electron chi connectivity index (χ4n) is 3.87. The molecule has 0 saturated heterocycles. The highest BCUT2D eigenvalue weighted by molar-refractivity contribution is 6.13. The van der Waals surface area contributed by atoms with Crippen molar-refractivity contribution in [1.82, 2.24) is 4.98 Å². The van der Waals surface area contributed by atoms with Crippen molar-refractivity contribution in [2.75, 3.05) is 12.4 Å². The molecule has 2 heterocycles. The molecule has 0 unspecified atom stereocenters. The predicted octanol–water partition coefficient (Wildman–Crippen LogP) is 5.43. The molecule has 1 amide bonds. The van der Waals surface area contributed by atoms with Crippen molar-refractivity contribution >= 4 is 17.6 Å². The summed E-state index contributed by atoms with van der Waals surface area (Å²) in [6.07, 6.45) is 1.57. The summed E-state index contributed by atoms with van der Waals surface area (Å²) >= 11 is 0. The molecule has 1 aromatic carbocycles. The number of hydrogen-bond acceptors (Lipinski definition) is 5. The average molecular weight is 421 g/mol. The number of benzene rings is 1. The van der Waals surface area contributed by atoms with Gasteiger partial charge in [-0.2, -0.15) is 0 Å². The number of rotatable bonds is 6. The minimum Gasteiger partial charge on any atom is -0.465 e. The van der Waals surface area contributed by atoms with Gasteiger partial charge < -0.3 is 14.5 Å². The second-order valence-corrected chi connectivity index (χ2v) is 7.42. The van der Waals surface area contributed by atoms with E-state index in [1.54, 1.807) is 26.0 Å². The first-order valence-corrected chi connectivity index (χ1v) is 10.4. The number of hydrogen-bond donors (Lipinski definition) is 1. The first-order chi connectivity index (χ1) is 14.8. The molecule has 0 spiro atoms. The van der Waals surface area contributed by atoms with Gasteiger partial charge >= 0.3 is 5.97 Å². The summed E-state index contributed by atoms with van der Waals surface area (Å²) in [5, 5.41) is 3.09. The summed E-state index contributed by atoms with van der Waals surface area (Å²) in [4.78, 5) is 30.7. The number of carbonyl (C=O) groups excluding carboxylic acids is 2. The summed E-state index contributed by atoms with van der Waals surface area (Å²) in [6, 6.07) is 9.56. The molecular weight excluding hydrogens is 392 g/mol. The highest BCUT2D eigenvalue weighted by atomic mass is 16.5. The molecular formula is C25H28N2O4. The summed E-state index contributed by atoms with van der Waals surface area (Å²) < 4.78 is 10.8. The summed E-state index contributed by atoms with van der Waals surface area (Å²) in [6.45, 7) is 9.40. The van der Waals surface area contributed by atoms with Gasteiger partial charge in [-0.3, -0.25) is 9.78 Å². The van der Waals surface area contributed by atoms with Crippen molar-refractivity contribution in [1.29, 1.82) is 0 Å². The lowest BCUT2D eigenvalue weighted by molar-refractivity contribution is 0.0600. The van der Waals surface area contributed by atoms with E-state index in [0.717, 1.165) is 29.7 Å². The Bertz CT molecular complexity index is 1120. The molecule has 0 bridgehead atoms. The SMILES string of the molecule is CCc1cccc(CC)c1NC(=O)c1c(C)nc(C)c(C(=O)OC)c1-c1ccc(C)o1. The maximum absolute atomic E-state index is 13.6. The number of nitrogens with zero attached hydrogens (tertiary/aromatic N) is 1. The Morgan fingerprint density at radius 3 is 2.10 bits per heavy atom. The van der Waals surface area contributed by atoms with Crippen LogP contribution in [0.25, 0.3) is 11.3 Å². The lowest BCUT2D eigenvalue weighted by Crippen LogP contribution is -2.21. The number of amides is 1. The van der Waals surface area contributed by atoms with Crippen molar-refractivity contribution in [2.45, 2.75) is 47.5 Å². The largest absolute Gasteiger partial charge is 0.465 e. The molecule has 0 aliphatic rings. The van der Waals surface area contributed by atoms with Gasteiger partial charge in [0, 0.05) is 11.3 Å².